The van der Waals surface area contributed by atoms with Gasteiger partial charge in [0.2, 0.25) is 5.91 Å². The van der Waals surface area contributed by atoms with E-state index >= 15 is 0 Å². The molecule has 0 aromatic heterocycles. The Bertz CT molecular complexity index is 795. The molecule has 5 N–H and O–H groups in total. The number of primary amides is 1. The minimum absolute atomic E-state index is 0. The zero-order chi connectivity index (χ0) is 18.5. The number of anilines is 1. The minimum Gasteiger partial charge on any atom is -0.457 e. The molecule has 0 saturated heterocycles. The van der Waals surface area contributed by atoms with Crippen LogP contribution in [0.1, 0.15) is 29.6 Å². The van der Waals surface area contributed by atoms with E-state index in [2.05, 4.69) is 5.32 Å². The Hall–Kier alpha value is -2.57. The SMILES string of the molecule is Cl.NC[C@H]1CCC[C@H]1C(=O)Nc1ccc(Oc2ccccc2C(N)=O)cc1. The van der Waals surface area contributed by atoms with E-state index in [0.717, 1.165) is 19.3 Å². The molecule has 1 aliphatic carbocycles. The molecule has 0 bridgehead atoms. The van der Waals surface area contributed by atoms with Crippen LogP contribution in [0.5, 0.6) is 11.5 Å². The van der Waals surface area contributed by atoms with Gasteiger partial charge in [0.1, 0.15) is 11.5 Å². The van der Waals surface area contributed by atoms with E-state index in [4.69, 9.17) is 16.2 Å². The van der Waals surface area contributed by atoms with E-state index in [1.165, 1.54) is 0 Å². The van der Waals surface area contributed by atoms with Crippen molar-refractivity contribution >= 4 is 29.9 Å². The third-order valence-corrected chi connectivity index (χ3v) is 4.80. The number of para-hydroxylation sites is 1. The second kappa shape index (κ2) is 9.39. The largest absolute Gasteiger partial charge is 0.457 e. The third-order valence-electron chi connectivity index (χ3n) is 4.80. The van der Waals surface area contributed by atoms with Gasteiger partial charge < -0.3 is 21.5 Å². The molecule has 0 radical (unpaired) electrons. The van der Waals surface area contributed by atoms with Crippen molar-refractivity contribution < 1.29 is 14.3 Å². The summed E-state index contributed by atoms with van der Waals surface area (Å²) in [5.74, 6) is 0.674. The fourth-order valence-electron chi connectivity index (χ4n) is 3.39. The van der Waals surface area contributed by atoms with Crippen LogP contribution < -0.4 is 21.5 Å². The number of amides is 2. The van der Waals surface area contributed by atoms with Gasteiger partial charge in [-0.25, -0.2) is 0 Å². The van der Waals surface area contributed by atoms with Crippen LogP contribution in [0.25, 0.3) is 0 Å². The monoisotopic (exact) mass is 389 g/mol. The van der Waals surface area contributed by atoms with Gasteiger partial charge in [-0.15, -0.1) is 12.4 Å². The Kier molecular flexibility index (Phi) is 7.21. The molecule has 3 rings (SSSR count). The van der Waals surface area contributed by atoms with E-state index in [-0.39, 0.29) is 30.2 Å². The molecule has 1 fully saturated rings. The normalized spacial score (nSPS) is 18.4. The highest BCUT2D eigenvalue weighted by Crippen LogP contribution is 2.32. The molecule has 0 aliphatic heterocycles. The fourth-order valence-corrected chi connectivity index (χ4v) is 3.39. The number of carbonyl (C=O) groups is 2. The van der Waals surface area contributed by atoms with Crippen molar-refractivity contribution in [3.8, 4) is 11.5 Å². The average Bonchev–Trinajstić information content (AvgIpc) is 3.12. The highest BCUT2D eigenvalue weighted by atomic mass is 35.5. The number of hydrogen-bond donors (Lipinski definition) is 3. The summed E-state index contributed by atoms with van der Waals surface area (Å²) in [4.78, 5) is 23.9. The Morgan fingerprint density at radius 1 is 1.07 bits per heavy atom. The maximum absolute atomic E-state index is 12.4. The number of nitrogens with one attached hydrogen (secondary N) is 1. The quantitative estimate of drug-likeness (QED) is 0.704. The van der Waals surface area contributed by atoms with Crippen LogP contribution in [0.15, 0.2) is 48.5 Å². The van der Waals surface area contributed by atoms with E-state index in [0.29, 0.717) is 29.3 Å². The third kappa shape index (κ3) is 4.99. The second-order valence-corrected chi connectivity index (χ2v) is 6.51. The molecule has 2 atom stereocenters. The summed E-state index contributed by atoms with van der Waals surface area (Å²) in [6.07, 6.45) is 2.95. The van der Waals surface area contributed by atoms with Crippen molar-refractivity contribution in [1.29, 1.82) is 0 Å². The Labute approximate surface area is 164 Å². The van der Waals surface area contributed by atoms with Crippen LogP contribution in [0, 0.1) is 11.8 Å². The zero-order valence-electron chi connectivity index (χ0n) is 14.9. The van der Waals surface area contributed by atoms with Crippen molar-refractivity contribution in [2.45, 2.75) is 19.3 Å². The molecule has 2 aromatic rings. The van der Waals surface area contributed by atoms with Crippen LogP contribution in [0.3, 0.4) is 0 Å². The highest BCUT2D eigenvalue weighted by Gasteiger charge is 2.31. The number of rotatable bonds is 6. The van der Waals surface area contributed by atoms with Crippen LogP contribution in [0.2, 0.25) is 0 Å². The van der Waals surface area contributed by atoms with Crippen LogP contribution in [0.4, 0.5) is 5.69 Å². The van der Waals surface area contributed by atoms with E-state index in [1.807, 2.05) is 0 Å². The van der Waals surface area contributed by atoms with Gasteiger partial charge in [0.05, 0.1) is 5.56 Å². The summed E-state index contributed by atoms with van der Waals surface area (Å²) in [6.45, 7) is 0.546. The summed E-state index contributed by atoms with van der Waals surface area (Å²) in [5.41, 5.74) is 12.1. The topological polar surface area (TPSA) is 107 Å². The average molecular weight is 390 g/mol. The minimum atomic E-state index is -0.546. The van der Waals surface area contributed by atoms with Gasteiger partial charge in [-0.05, 0) is 61.7 Å². The number of nitrogens with two attached hydrogens (primary N) is 2. The lowest BCUT2D eigenvalue weighted by Crippen LogP contribution is -2.29. The number of ether oxygens (including phenoxy) is 1. The van der Waals surface area contributed by atoms with Gasteiger partial charge in [-0.2, -0.15) is 0 Å². The first-order chi connectivity index (χ1) is 12.6. The summed E-state index contributed by atoms with van der Waals surface area (Å²) in [7, 11) is 0. The van der Waals surface area contributed by atoms with Crippen molar-refractivity contribution in [3.63, 3.8) is 0 Å². The van der Waals surface area contributed by atoms with Gasteiger partial charge >= 0.3 is 0 Å². The molecule has 7 heteroatoms. The van der Waals surface area contributed by atoms with Crippen molar-refractivity contribution in [2.24, 2.45) is 23.3 Å². The Balaban J connectivity index is 0.00000261. The maximum Gasteiger partial charge on any atom is 0.252 e. The van der Waals surface area contributed by atoms with Gasteiger partial charge in [0, 0.05) is 11.6 Å². The summed E-state index contributed by atoms with van der Waals surface area (Å²) in [6, 6.07) is 13.8. The second-order valence-electron chi connectivity index (χ2n) is 6.51. The number of carbonyl (C=O) groups excluding carboxylic acids is 2. The van der Waals surface area contributed by atoms with Gasteiger partial charge in [-0.1, -0.05) is 18.6 Å². The van der Waals surface area contributed by atoms with Crippen LogP contribution in [-0.4, -0.2) is 18.4 Å². The maximum atomic E-state index is 12.4. The van der Waals surface area contributed by atoms with Crippen molar-refractivity contribution in [2.75, 3.05) is 11.9 Å². The van der Waals surface area contributed by atoms with Crippen molar-refractivity contribution in [1.82, 2.24) is 0 Å². The summed E-state index contributed by atoms with van der Waals surface area (Å²) < 4.78 is 5.73. The first kappa shape index (κ1) is 20.7. The standard InChI is InChI=1S/C20H23N3O3.ClH/c21-12-13-4-3-6-16(13)20(25)23-14-8-10-15(11-9-14)26-18-7-2-1-5-17(18)19(22)24;/h1-2,5,7-11,13,16H,3-4,6,12,21H2,(H2,22,24)(H,23,25);1H/t13-,16-;/m1./s1. The molecule has 144 valence electrons. The smallest absolute Gasteiger partial charge is 0.252 e. The molecule has 27 heavy (non-hydrogen) atoms. The van der Waals surface area contributed by atoms with Gasteiger partial charge in [0.15, 0.2) is 0 Å². The molecular weight excluding hydrogens is 366 g/mol. The molecule has 2 amide bonds. The zero-order valence-corrected chi connectivity index (χ0v) is 15.7. The lowest BCUT2D eigenvalue weighted by molar-refractivity contribution is -0.120. The molecule has 0 heterocycles. The molecule has 1 saturated carbocycles. The predicted molar refractivity (Wildman–Crippen MR) is 107 cm³/mol. The van der Waals surface area contributed by atoms with E-state index in [9.17, 15) is 9.59 Å². The first-order valence-electron chi connectivity index (χ1n) is 8.76. The fraction of sp³-hybridized carbons (Fsp3) is 0.300. The van der Waals surface area contributed by atoms with E-state index in [1.54, 1.807) is 48.5 Å². The first-order valence-corrected chi connectivity index (χ1v) is 8.76. The van der Waals surface area contributed by atoms with Crippen LogP contribution >= 0.6 is 12.4 Å². The van der Waals surface area contributed by atoms with E-state index < -0.39 is 5.91 Å². The molecule has 1 aliphatic rings. The lowest BCUT2D eigenvalue weighted by atomic mass is 9.95. The van der Waals surface area contributed by atoms with Crippen molar-refractivity contribution in [3.05, 3.63) is 54.1 Å². The highest BCUT2D eigenvalue weighted by molar-refractivity contribution is 5.95. The molecule has 6 nitrogen and oxygen atoms in total. The van der Waals surface area contributed by atoms with Gasteiger partial charge in [-0.3, -0.25) is 9.59 Å². The Morgan fingerprint density at radius 3 is 2.44 bits per heavy atom. The predicted octanol–water partition coefficient (Wildman–Crippen LogP) is 3.31. The van der Waals surface area contributed by atoms with Crippen LogP contribution in [-0.2, 0) is 4.79 Å². The summed E-state index contributed by atoms with van der Waals surface area (Å²) in [5, 5.41) is 2.94. The molecule has 2 aromatic carbocycles. The molecule has 0 unspecified atom stereocenters. The lowest BCUT2D eigenvalue weighted by Gasteiger charge is -2.17. The summed E-state index contributed by atoms with van der Waals surface area (Å²) >= 11 is 0. The van der Waals surface area contributed by atoms with Gasteiger partial charge in [0.25, 0.3) is 5.91 Å². The Morgan fingerprint density at radius 2 is 1.78 bits per heavy atom. The number of hydrogen-bond acceptors (Lipinski definition) is 4. The number of halogens is 1. The molecular formula is C20H24ClN3O3. The molecule has 0 spiro atoms. The number of benzene rings is 2.